The summed E-state index contributed by atoms with van der Waals surface area (Å²) < 4.78 is 13.3. The molecule has 0 saturated heterocycles. The van der Waals surface area contributed by atoms with E-state index in [0.29, 0.717) is 18.0 Å². The predicted molar refractivity (Wildman–Crippen MR) is 70.3 cm³/mol. The first kappa shape index (κ1) is 12.7. The number of rotatable bonds is 5. The van der Waals surface area contributed by atoms with Crippen LogP contribution in [0.1, 0.15) is 5.56 Å². The Morgan fingerprint density at radius 1 is 1.22 bits per heavy atom. The second-order valence-corrected chi connectivity index (χ2v) is 4.32. The first-order valence-electron chi connectivity index (χ1n) is 5.24. The molecule has 0 aliphatic rings. The molecule has 0 aliphatic carbocycles. The summed E-state index contributed by atoms with van der Waals surface area (Å²) in [6.07, 6.45) is 3.17. The smallest absolute Gasteiger partial charge is 0.166 e. The summed E-state index contributed by atoms with van der Waals surface area (Å²) in [4.78, 5) is 0. The van der Waals surface area contributed by atoms with Gasteiger partial charge in [-0.15, -0.1) is 10.2 Å². The second-order valence-electron chi connectivity index (χ2n) is 3.47. The number of aromatic nitrogens is 3. The van der Waals surface area contributed by atoms with Gasteiger partial charge >= 0.3 is 0 Å². The topological polar surface area (TPSA) is 61.2 Å². The SMILES string of the molecule is COc1ccc(Br)c(CNn2cnnc2)c1OC. The van der Waals surface area contributed by atoms with Crippen molar-refractivity contribution in [3.8, 4) is 11.5 Å². The van der Waals surface area contributed by atoms with Gasteiger partial charge in [0.15, 0.2) is 11.5 Å². The van der Waals surface area contributed by atoms with Crippen molar-refractivity contribution in [3.63, 3.8) is 0 Å². The fourth-order valence-corrected chi connectivity index (χ4v) is 2.04. The Bertz CT molecular complexity index is 516. The Labute approximate surface area is 113 Å². The summed E-state index contributed by atoms with van der Waals surface area (Å²) in [5.74, 6) is 1.40. The van der Waals surface area contributed by atoms with Crippen molar-refractivity contribution in [2.75, 3.05) is 19.6 Å². The zero-order chi connectivity index (χ0) is 13.0. The number of halogens is 1. The summed E-state index contributed by atoms with van der Waals surface area (Å²) in [6, 6.07) is 3.77. The normalized spacial score (nSPS) is 10.2. The summed E-state index contributed by atoms with van der Waals surface area (Å²) in [5.41, 5.74) is 4.10. The van der Waals surface area contributed by atoms with Gasteiger partial charge in [0.25, 0.3) is 0 Å². The Morgan fingerprint density at radius 3 is 2.56 bits per heavy atom. The van der Waals surface area contributed by atoms with E-state index in [1.165, 1.54) is 0 Å². The third-order valence-electron chi connectivity index (χ3n) is 2.45. The van der Waals surface area contributed by atoms with Crippen LogP contribution in [0.4, 0.5) is 0 Å². The lowest BCUT2D eigenvalue weighted by Gasteiger charge is -2.15. The lowest BCUT2D eigenvalue weighted by Crippen LogP contribution is -2.13. The van der Waals surface area contributed by atoms with Crippen molar-refractivity contribution >= 4 is 15.9 Å². The van der Waals surface area contributed by atoms with E-state index in [-0.39, 0.29) is 0 Å². The van der Waals surface area contributed by atoms with E-state index in [1.54, 1.807) is 31.6 Å². The Morgan fingerprint density at radius 2 is 1.94 bits per heavy atom. The van der Waals surface area contributed by atoms with Crippen LogP contribution in [0.2, 0.25) is 0 Å². The zero-order valence-corrected chi connectivity index (χ0v) is 11.6. The number of benzene rings is 1. The van der Waals surface area contributed by atoms with Crippen molar-refractivity contribution in [3.05, 3.63) is 34.8 Å². The maximum Gasteiger partial charge on any atom is 0.166 e. The Balaban J connectivity index is 2.25. The number of nitrogens with one attached hydrogen (secondary N) is 1. The number of hydrogen-bond acceptors (Lipinski definition) is 5. The van der Waals surface area contributed by atoms with E-state index in [2.05, 4.69) is 31.6 Å². The van der Waals surface area contributed by atoms with Crippen molar-refractivity contribution in [1.82, 2.24) is 14.9 Å². The van der Waals surface area contributed by atoms with Crippen molar-refractivity contribution < 1.29 is 9.47 Å². The lowest BCUT2D eigenvalue weighted by atomic mass is 10.2. The van der Waals surface area contributed by atoms with Crippen LogP contribution in [0, 0.1) is 0 Å². The van der Waals surface area contributed by atoms with Crippen LogP contribution < -0.4 is 14.9 Å². The average molecular weight is 313 g/mol. The molecule has 0 amide bonds. The zero-order valence-electron chi connectivity index (χ0n) is 10.1. The highest BCUT2D eigenvalue weighted by Gasteiger charge is 2.13. The van der Waals surface area contributed by atoms with Crippen LogP contribution in [-0.2, 0) is 6.54 Å². The van der Waals surface area contributed by atoms with E-state index in [1.807, 2.05) is 12.1 Å². The van der Waals surface area contributed by atoms with Crippen LogP contribution in [0.3, 0.4) is 0 Å². The molecule has 1 aromatic carbocycles. The molecule has 1 heterocycles. The molecule has 0 unspecified atom stereocenters. The number of ether oxygens (including phenoxy) is 2. The molecule has 0 spiro atoms. The fourth-order valence-electron chi connectivity index (χ4n) is 1.58. The van der Waals surface area contributed by atoms with E-state index < -0.39 is 0 Å². The molecule has 7 heteroatoms. The molecule has 1 aromatic heterocycles. The average Bonchev–Trinajstić information content (AvgIpc) is 2.90. The minimum atomic E-state index is 0.555. The van der Waals surface area contributed by atoms with Gasteiger partial charge in [-0.2, -0.15) is 0 Å². The molecule has 2 rings (SSSR count). The minimum Gasteiger partial charge on any atom is -0.493 e. The molecule has 0 bridgehead atoms. The maximum absolute atomic E-state index is 5.38. The van der Waals surface area contributed by atoms with Gasteiger partial charge in [-0.1, -0.05) is 15.9 Å². The molecule has 0 atom stereocenters. The number of hydrogen-bond donors (Lipinski definition) is 1. The van der Waals surface area contributed by atoms with Gasteiger partial charge in [0.1, 0.15) is 12.7 Å². The summed E-state index contributed by atoms with van der Waals surface area (Å²) in [6.45, 7) is 0.555. The first-order valence-corrected chi connectivity index (χ1v) is 6.03. The van der Waals surface area contributed by atoms with Gasteiger partial charge < -0.3 is 14.9 Å². The van der Waals surface area contributed by atoms with Gasteiger partial charge in [0.05, 0.1) is 20.8 Å². The highest BCUT2D eigenvalue weighted by Crippen LogP contribution is 2.35. The fraction of sp³-hybridized carbons (Fsp3) is 0.273. The first-order chi connectivity index (χ1) is 8.76. The van der Waals surface area contributed by atoms with Gasteiger partial charge in [-0.05, 0) is 12.1 Å². The third kappa shape index (κ3) is 2.56. The summed E-state index contributed by atoms with van der Waals surface area (Å²) in [7, 11) is 3.23. The molecular formula is C11H13BrN4O2. The molecular weight excluding hydrogens is 300 g/mol. The minimum absolute atomic E-state index is 0.555. The van der Waals surface area contributed by atoms with Crippen LogP contribution >= 0.6 is 15.9 Å². The quantitative estimate of drug-likeness (QED) is 0.912. The van der Waals surface area contributed by atoms with Gasteiger partial charge in [0, 0.05) is 10.0 Å². The van der Waals surface area contributed by atoms with Crippen LogP contribution in [0.5, 0.6) is 11.5 Å². The molecule has 6 nitrogen and oxygen atoms in total. The molecule has 1 N–H and O–H groups in total. The summed E-state index contributed by atoms with van der Waals surface area (Å²) >= 11 is 3.50. The highest BCUT2D eigenvalue weighted by molar-refractivity contribution is 9.10. The van der Waals surface area contributed by atoms with E-state index in [4.69, 9.17) is 9.47 Å². The standard InChI is InChI=1S/C11H13BrN4O2/c1-17-10-4-3-9(12)8(11(10)18-2)5-15-16-6-13-14-7-16/h3-4,6-7,15H,5H2,1-2H3. The van der Waals surface area contributed by atoms with Crippen LogP contribution in [0.25, 0.3) is 0 Å². The van der Waals surface area contributed by atoms with Crippen molar-refractivity contribution in [2.45, 2.75) is 6.54 Å². The predicted octanol–water partition coefficient (Wildman–Crippen LogP) is 1.80. The third-order valence-corrected chi connectivity index (χ3v) is 3.19. The molecule has 0 radical (unpaired) electrons. The molecule has 96 valence electrons. The largest absolute Gasteiger partial charge is 0.493 e. The molecule has 2 aromatic rings. The molecule has 0 saturated carbocycles. The monoisotopic (exact) mass is 312 g/mol. The number of methoxy groups -OCH3 is 2. The molecule has 18 heavy (non-hydrogen) atoms. The maximum atomic E-state index is 5.38. The summed E-state index contributed by atoms with van der Waals surface area (Å²) in [5, 5.41) is 7.43. The van der Waals surface area contributed by atoms with E-state index in [9.17, 15) is 0 Å². The van der Waals surface area contributed by atoms with Gasteiger partial charge in [-0.25, -0.2) is 4.68 Å². The van der Waals surface area contributed by atoms with Crippen molar-refractivity contribution in [1.29, 1.82) is 0 Å². The van der Waals surface area contributed by atoms with E-state index >= 15 is 0 Å². The van der Waals surface area contributed by atoms with Crippen LogP contribution in [0.15, 0.2) is 29.3 Å². The van der Waals surface area contributed by atoms with Crippen LogP contribution in [-0.4, -0.2) is 29.1 Å². The molecule has 0 aliphatic heterocycles. The highest BCUT2D eigenvalue weighted by atomic mass is 79.9. The van der Waals surface area contributed by atoms with E-state index in [0.717, 1.165) is 10.0 Å². The van der Waals surface area contributed by atoms with Gasteiger partial charge in [0.2, 0.25) is 0 Å². The molecule has 0 fully saturated rings. The Kier molecular flexibility index (Phi) is 4.03. The Hall–Kier alpha value is -1.76. The lowest BCUT2D eigenvalue weighted by molar-refractivity contribution is 0.351. The second kappa shape index (κ2) is 5.72. The van der Waals surface area contributed by atoms with Crippen molar-refractivity contribution in [2.24, 2.45) is 0 Å². The number of nitrogens with zero attached hydrogens (tertiary/aromatic N) is 3. The van der Waals surface area contributed by atoms with Gasteiger partial charge in [-0.3, -0.25) is 0 Å².